The molecule has 0 aromatic rings. The minimum absolute atomic E-state index is 0.0929. The molecule has 0 saturated heterocycles. The molecular formula is C20H37O3Ti. The first kappa shape index (κ1) is 23.9. The molecule has 4 heteroatoms. The molecule has 0 radical (unpaired) electrons. The van der Waals surface area contributed by atoms with Crippen LogP contribution in [0.15, 0.2) is 12.2 Å². The van der Waals surface area contributed by atoms with E-state index in [2.05, 4.69) is 19.1 Å². The summed E-state index contributed by atoms with van der Waals surface area (Å²) in [4.78, 5) is 11.4. The molecule has 0 spiro atoms. The van der Waals surface area contributed by atoms with Crippen LogP contribution in [0.4, 0.5) is 0 Å². The molecule has 0 bridgehead atoms. The van der Waals surface area contributed by atoms with Crippen LogP contribution in [-0.4, -0.2) is 19.2 Å². The van der Waals surface area contributed by atoms with Crippen LogP contribution in [0, 0.1) is 0 Å². The van der Waals surface area contributed by atoms with Gasteiger partial charge in [-0.15, -0.1) is 0 Å². The van der Waals surface area contributed by atoms with E-state index in [1.165, 1.54) is 70.6 Å². The summed E-state index contributed by atoms with van der Waals surface area (Å²) in [5, 5.41) is 0. The molecule has 0 amide bonds. The third-order valence-corrected chi connectivity index (χ3v) is 4.41. The molecule has 3 nitrogen and oxygen atoms in total. The molecule has 0 heterocycles. The second-order valence-corrected chi connectivity index (χ2v) is 6.85. The van der Waals surface area contributed by atoms with Gasteiger partial charge in [-0.2, -0.15) is 0 Å². The number of allylic oxidation sites excluding steroid dienone is 2. The van der Waals surface area contributed by atoms with Crippen molar-refractivity contribution < 1.29 is 33.7 Å². The number of ether oxygens (including phenoxy) is 1. The van der Waals surface area contributed by atoms with Gasteiger partial charge < -0.3 is 0 Å². The van der Waals surface area contributed by atoms with Crippen molar-refractivity contribution in [2.45, 2.75) is 96.8 Å². The van der Waals surface area contributed by atoms with Crippen LogP contribution < -0.4 is 0 Å². The average molecular weight is 373 g/mol. The standard InChI is InChI=1S/C20H37O3.Ti/c1-2-3-4-5-6-7-8-9-10-11-12-13-14-15-16-17-20(22)23-19-18-21;/h9-10H,2-8,11-19H2,1H3;/q-1;+1/b10-9-;. The van der Waals surface area contributed by atoms with Gasteiger partial charge in [-0.3, -0.25) is 0 Å². The van der Waals surface area contributed by atoms with Crippen molar-refractivity contribution >= 4 is 5.97 Å². The van der Waals surface area contributed by atoms with Crippen LogP contribution in [0.5, 0.6) is 0 Å². The molecule has 0 aliphatic heterocycles. The Bertz CT molecular complexity index is 293. The molecule has 0 unspecified atom stereocenters. The number of carbonyl (C=O) groups is 1. The molecule has 0 saturated carbocycles. The first-order chi connectivity index (χ1) is 11.8. The molecule has 0 aromatic heterocycles. The van der Waals surface area contributed by atoms with E-state index in [-0.39, 0.29) is 5.97 Å². The summed E-state index contributed by atoms with van der Waals surface area (Å²) in [5.41, 5.74) is 0. The monoisotopic (exact) mass is 373 g/mol. The van der Waals surface area contributed by atoms with Crippen molar-refractivity contribution in [1.82, 2.24) is 0 Å². The first-order valence-corrected chi connectivity index (χ1v) is 10.5. The Morgan fingerprint density at radius 3 is 1.92 bits per heavy atom. The van der Waals surface area contributed by atoms with Crippen molar-refractivity contribution in [2.24, 2.45) is 0 Å². The zero-order valence-corrected chi connectivity index (χ0v) is 17.3. The number of rotatable bonds is 18. The predicted molar refractivity (Wildman–Crippen MR) is 96.4 cm³/mol. The molecule has 0 aliphatic carbocycles. The van der Waals surface area contributed by atoms with Gasteiger partial charge in [-0.25, -0.2) is 0 Å². The van der Waals surface area contributed by atoms with Gasteiger partial charge in [-0.05, 0) is 12.8 Å². The second-order valence-electron chi connectivity index (χ2n) is 6.40. The van der Waals surface area contributed by atoms with E-state index < -0.39 is 0 Å². The summed E-state index contributed by atoms with van der Waals surface area (Å²) < 4.78 is 9.87. The normalized spacial score (nSPS) is 11.2. The summed E-state index contributed by atoms with van der Waals surface area (Å²) in [6.45, 7) is 3.12. The Balaban J connectivity index is 3.16. The fourth-order valence-corrected chi connectivity index (χ4v) is 2.74. The maximum atomic E-state index is 11.4. The van der Waals surface area contributed by atoms with E-state index in [0.717, 1.165) is 12.8 Å². The Morgan fingerprint density at radius 1 is 0.792 bits per heavy atom. The summed E-state index contributed by atoms with van der Waals surface area (Å²) >= 11 is 1.61. The molecule has 24 heavy (non-hydrogen) atoms. The van der Waals surface area contributed by atoms with Crippen LogP contribution in [0.1, 0.15) is 96.8 Å². The van der Waals surface area contributed by atoms with Crippen molar-refractivity contribution in [3.05, 3.63) is 12.2 Å². The number of hydrogen-bond acceptors (Lipinski definition) is 3. The summed E-state index contributed by atoms with van der Waals surface area (Å²) in [6, 6.07) is 0. The third kappa shape index (κ3) is 19.9. The van der Waals surface area contributed by atoms with Gasteiger partial charge in [0.2, 0.25) is 0 Å². The Labute approximate surface area is 161 Å². The van der Waals surface area contributed by atoms with E-state index >= 15 is 0 Å². The molecule has 0 aromatic carbocycles. The summed E-state index contributed by atoms with van der Waals surface area (Å²) in [6.07, 6.45) is 21.8. The van der Waals surface area contributed by atoms with Gasteiger partial charge in [0.05, 0.1) is 0 Å². The maximum absolute atomic E-state index is 11.4. The zero-order chi connectivity index (χ0) is 17.7. The van der Waals surface area contributed by atoms with E-state index in [0.29, 0.717) is 19.6 Å². The summed E-state index contributed by atoms with van der Waals surface area (Å²) in [5.74, 6) is -0.0929. The minimum atomic E-state index is -0.0929. The average Bonchev–Trinajstić information content (AvgIpc) is 2.58. The van der Waals surface area contributed by atoms with Gasteiger partial charge in [-0.1, -0.05) is 51.2 Å². The molecule has 0 N–H and O–H groups in total. The van der Waals surface area contributed by atoms with Crippen LogP contribution >= 0.6 is 0 Å². The van der Waals surface area contributed by atoms with Gasteiger partial charge in [0.15, 0.2) is 0 Å². The van der Waals surface area contributed by atoms with E-state index in [1.54, 1.807) is 20.8 Å². The van der Waals surface area contributed by atoms with Crippen molar-refractivity contribution in [3.8, 4) is 0 Å². The van der Waals surface area contributed by atoms with Crippen LogP contribution in [-0.2, 0) is 33.7 Å². The zero-order valence-electron chi connectivity index (χ0n) is 15.7. The van der Waals surface area contributed by atoms with E-state index in [9.17, 15) is 4.79 Å². The van der Waals surface area contributed by atoms with Crippen molar-refractivity contribution in [3.63, 3.8) is 0 Å². The van der Waals surface area contributed by atoms with E-state index in [1.807, 2.05) is 0 Å². The van der Waals surface area contributed by atoms with E-state index in [4.69, 9.17) is 8.06 Å². The number of unbranched alkanes of at least 4 members (excludes halogenated alkanes) is 11. The molecule has 0 aliphatic rings. The Kier molecular flexibility index (Phi) is 20.8. The Morgan fingerprint density at radius 2 is 1.33 bits per heavy atom. The summed E-state index contributed by atoms with van der Waals surface area (Å²) in [7, 11) is 0. The predicted octanol–water partition coefficient (Wildman–Crippen LogP) is 6.05. The number of esters is 1. The SMILES string of the molecule is CCCCCCCC/C=C\CCCCCCCC(=O)OCC[O][Ti]. The molecule has 0 fully saturated rings. The van der Waals surface area contributed by atoms with Gasteiger partial charge in [0.1, 0.15) is 0 Å². The second kappa shape index (κ2) is 20.9. The molecular weight excluding hydrogens is 336 g/mol. The van der Waals surface area contributed by atoms with Gasteiger partial charge >= 0.3 is 97.8 Å². The quantitative estimate of drug-likeness (QED) is 0.127. The molecule has 0 rings (SSSR count). The van der Waals surface area contributed by atoms with Crippen molar-refractivity contribution in [2.75, 3.05) is 13.2 Å². The fraction of sp³-hybridized carbons (Fsp3) is 0.850. The first-order valence-electron chi connectivity index (χ1n) is 9.90. The fourth-order valence-electron chi connectivity index (χ4n) is 2.61. The molecule has 0 atom stereocenters. The van der Waals surface area contributed by atoms with Gasteiger partial charge in [0, 0.05) is 0 Å². The number of carbonyl (C=O) groups excluding carboxylic acids is 1. The molecule has 139 valence electrons. The van der Waals surface area contributed by atoms with Crippen LogP contribution in [0.25, 0.3) is 0 Å². The number of hydrogen-bond donors (Lipinski definition) is 0. The van der Waals surface area contributed by atoms with Crippen molar-refractivity contribution in [1.29, 1.82) is 0 Å². The van der Waals surface area contributed by atoms with Crippen LogP contribution in [0.2, 0.25) is 0 Å². The van der Waals surface area contributed by atoms with Crippen LogP contribution in [0.3, 0.4) is 0 Å². The Hall–Kier alpha value is -0.116. The third-order valence-electron chi connectivity index (χ3n) is 4.09. The van der Waals surface area contributed by atoms with Gasteiger partial charge in [0.25, 0.3) is 0 Å². The topological polar surface area (TPSA) is 35.5 Å².